The second kappa shape index (κ2) is 6.56. The molecule has 3 N–H and O–H groups in total. The predicted octanol–water partition coefficient (Wildman–Crippen LogP) is 4.22. The van der Waals surface area contributed by atoms with E-state index in [0.29, 0.717) is 24.2 Å². The fourth-order valence-corrected chi connectivity index (χ4v) is 9.25. The van der Waals surface area contributed by atoms with Crippen molar-refractivity contribution >= 4 is 0 Å². The van der Waals surface area contributed by atoms with Crippen LogP contribution >= 0.6 is 0 Å². The van der Waals surface area contributed by atoms with Crippen molar-refractivity contribution in [2.24, 2.45) is 34.5 Å². The SMILES string of the molecule is CC(C)=CC[C@@H](C)[C@H]1CC[C@@H]2[C@]1(C)CC[C@H]1[C@@]23O[C@@H]3[C@H](O)[C@@]2(O)C[C@@H](O)CC[C@]12C. The van der Waals surface area contributed by atoms with E-state index in [1.807, 2.05) is 0 Å². The van der Waals surface area contributed by atoms with Crippen molar-refractivity contribution < 1.29 is 20.1 Å². The average molecular weight is 419 g/mol. The predicted molar refractivity (Wildman–Crippen MR) is 117 cm³/mol. The molecule has 1 spiro atoms. The average Bonchev–Trinajstić information content (AvgIpc) is 3.28. The Balaban J connectivity index is 1.48. The molecule has 0 unspecified atom stereocenters. The number of rotatable bonds is 3. The standard InChI is InChI=1S/C26H42O4/c1-15(2)6-7-16(3)18-8-9-19-23(18,4)12-11-20-24(5)13-10-17(27)14-25(24,29)21(28)22-26(19,20)30-22/h6,16-22,27-29H,7-14H2,1-5H3/t16-,17+,18-,19-,20-,21+,22-,23-,24-,25+,26+/m1/s1. The molecule has 0 radical (unpaired) electrons. The third-order valence-electron chi connectivity index (χ3n) is 10.9. The van der Waals surface area contributed by atoms with Crippen LogP contribution in [-0.2, 0) is 4.74 Å². The van der Waals surface area contributed by atoms with E-state index in [1.165, 1.54) is 24.8 Å². The van der Waals surface area contributed by atoms with Gasteiger partial charge in [0.15, 0.2) is 0 Å². The molecule has 0 aromatic rings. The minimum Gasteiger partial charge on any atom is -0.393 e. The van der Waals surface area contributed by atoms with Crippen molar-refractivity contribution in [3.05, 3.63) is 11.6 Å². The zero-order valence-electron chi connectivity index (χ0n) is 19.5. The van der Waals surface area contributed by atoms with Crippen LogP contribution in [0, 0.1) is 34.5 Å². The molecule has 4 nitrogen and oxygen atoms in total. The van der Waals surface area contributed by atoms with Crippen LogP contribution in [0.5, 0.6) is 0 Å². The first-order valence-corrected chi connectivity index (χ1v) is 12.4. The van der Waals surface area contributed by atoms with Gasteiger partial charge >= 0.3 is 0 Å². The van der Waals surface area contributed by atoms with Crippen molar-refractivity contribution in [3.8, 4) is 0 Å². The summed E-state index contributed by atoms with van der Waals surface area (Å²) in [7, 11) is 0. The number of allylic oxidation sites excluding steroid dienone is 2. The molecule has 1 aliphatic heterocycles. The number of ether oxygens (including phenoxy) is 1. The molecule has 30 heavy (non-hydrogen) atoms. The van der Waals surface area contributed by atoms with Gasteiger partial charge in [-0.05, 0) is 87.9 Å². The Hall–Kier alpha value is -0.420. The minimum atomic E-state index is -1.23. The first kappa shape index (κ1) is 21.4. The molecule has 5 fully saturated rings. The van der Waals surface area contributed by atoms with Gasteiger partial charge in [0.2, 0.25) is 0 Å². The fraction of sp³-hybridized carbons (Fsp3) is 0.923. The normalized spacial score (nSPS) is 57.5. The van der Waals surface area contributed by atoms with Crippen LogP contribution in [0.25, 0.3) is 0 Å². The molecule has 0 bridgehead atoms. The van der Waals surface area contributed by atoms with Gasteiger partial charge in [0.1, 0.15) is 23.4 Å². The summed E-state index contributed by atoms with van der Waals surface area (Å²) >= 11 is 0. The molecule has 11 atom stereocenters. The summed E-state index contributed by atoms with van der Waals surface area (Å²) < 4.78 is 6.54. The summed E-state index contributed by atoms with van der Waals surface area (Å²) in [4.78, 5) is 0. The van der Waals surface area contributed by atoms with Crippen LogP contribution in [-0.4, -0.2) is 44.8 Å². The van der Waals surface area contributed by atoms with E-state index in [-0.39, 0.29) is 34.9 Å². The number of hydrogen-bond acceptors (Lipinski definition) is 4. The van der Waals surface area contributed by atoms with Crippen LogP contribution in [0.1, 0.15) is 86.0 Å². The van der Waals surface area contributed by atoms with Gasteiger partial charge in [0.05, 0.1) is 6.10 Å². The molecule has 4 heteroatoms. The van der Waals surface area contributed by atoms with Crippen molar-refractivity contribution in [1.82, 2.24) is 0 Å². The van der Waals surface area contributed by atoms with Gasteiger partial charge in [-0.1, -0.05) is 32.4 Å². The molecule has 1 heterocycles. The van der Waals surface area contributed by atoms with Gasteiger partial charge < -0.3 is 20.1 Å². The minimum absolute atomic E-state index is 0.250. The first-order chi connectivity index (χ1) is 14.0. The number of epoxide rings is 1. The molecular weight excluding hydrogens is 376 g/mol. The molecule has 0 amide bonds. The third kappa shape index (κ3) is 2.48. The Kier molecular flexibility index (Phi) is 4.68. The van der Waals surface area contributed by atoms with Crippen LogP contribution in [0.15, 0.2) is 11.6 Å². The molecule has 0 aromatic heterocycles. The van der Waals surface area contributed by atoms with E-state index in [4.69, 9.17) is 4.74 Å². The lowest BCUT2D eigenvalue weighted by Crippen LogP contribution is -2.72. The van der Waals surface area contributed by atoms with Gasteiger partial charge in [-0.25, -0.2) is 0 Å². The van der Waals surface area contributed by atoms with E-state index in [1.54, 1.807) is 0 Å². The highest BCUT2D eigenvalue weighted by atomic mass is 16.6. The van der Waals surface area contributed by atoms with E-state index < -0.39 is 17.8 Å². The molecule has 170 valence electrons. The Labute approximate surface area is 182 Å². The summed E-state index contributed by atoms with van der Waals surface area (Å²) in [5, 5.41) is 33.3. The van der Waals surface area contributed by atoms with Gasteiger partial charge in [-0.15, -0.1) is 0 Å². The van der Waals surface area contributed by atoms with E-state index in [2.05, 4.69) is 40.7 Å². The highest BCUT2D eigenvalue weighted by Crippen LogP contribution is 2.76. The summed E-state index contributed by atoms with van der Waals surface area (Å²) in [5.41, 5.74) is -0.231. The second-order valence-electron chi connectivity index (χ2n) is 12.4. The number of aliphatic hydroxyl groups is 3. The summed E-state index contributed by atoms with van der Waals surface area (Å²) in [6, 6.07) is 0. The van der Waals surface area contributed by atoms with Crippen LogP contribution in [0.3, 0.4) is 0 Å². The Morgan fingerprint density at radius 2 is 1.80 bits per heavy atom. The summed E-state index contributed by atoms with van der Waals surface area (Å²) in [5.74, 6) is 2.10. The molecule has 4 saturated carbocycles. The van der Waals surface area contributed by atoms with E-state index in [9.17, 15) is 15.3 Å². The maximum absolute atomic E-state index is 11.7. The molecule has 1 saturated heterocycles. The maximum atomic E-state index is 11.7. The van der Waals surface area contributed by atoms with Crippen molar-refractivity contribution in [2.75, 3.05) is 0 Å². The van der Waals surface area contributed by atoms with Gasteiger partial charge in [-0.2, -0.15) is 0 Å². The lowest BCUT2D eigenvalue weighted by molar-refractivity contribution is -0.246. The third-order valence-corrected chi connectivity index (χ3v) is 10.9. The second-order valence-corrected chi connectivity index (χ2v) is 12.4. The van der Waals surface area contributed by atoms with Gasteiger partial charge in [-0.3, -0.25) is 0 Å². The number of aliphatic hydroxyl groups excluding tert-OH is 2. The Bertz CT molecular complexity index is 745. The molecule has 5 rings (SSSR count). The molecule has 0 aromatic carbocycles. The van der Waals surface area contributed by atoms with Gasteiger partial charge in [0.25, 0.3) is 0 Å². The molecule has 4 aliphatic carbocycles. The van der Waals surface area contributed by atoms with E-state index in [0.717, 1.165) is 19.3 Å². The molecule has 5 aliphatic rings. The van der Waals surface area contributed by atoms with Crippen LogP contribution in [0.4, 0.5) is 0 Å². The highest BCUT2D eigenvalue weighted by molar-refractivity contribution is 5.32. The first-order valence-electron chi connectivity index (χ1n) is 12.4. The monoisotopic (exact) mass is 418 g/mol. The number of fused-ring (bicyclic) bond motifs is 3. The quantitative estimate of drug-likeness (QED) is 0.474. The van der Waals surface area contributed by atoms with Crippen LogP contribution < -0.4 is 0 Å². The highest BCUT2D eigenvalue weighted by Gasteiger charge is 2.84. The van der Waals surface area contributed by atoms with Gasteiger partial charge in [0, 0.05) is 11.8 Å². The zero-order valence-corrected chi connectivity index (χ0v) is 19.5. The van der Waals surface area contributed by atoms with Crippen molar-refractivity contribution in [1.29, 1.82) is 0 Å². The fourth-order valence-electron chi connectivity index (χ4n) is 9.25. The summed E-state index contributed by atoms with van der Waals surface area (Å²) in [6.45, 7) is 11.5. The molecular formula is C26H42O4. The topological polar surface area (TPSA) is 73.2 Å². The summed E-state index contributed by atoms with van der Waals surface area (Å²) in [6.07, 6.45) is 8.31. The zero-order chi connectivity index (χ0) is 21.7. The number of hydrogen-bond donors (Lipinski definition) is 3. The lowest BCUT2D eigenvalue weighted by atomic mass is 9.42. The van der Waals surface area contributed by atoms with Crippen LogP contribution in [0.2, 0.25) is 0 Å². The van der Waals surface area contributed by atoms with E-state index >= 15 is 0 Å². The largest absolute Gasteiger partial charge is 0.393 e. The maximum Gasteiger partial charge on any atom is 0.117 e. The Morgan fingerprint density at radius 1 is 1.07 bits per heavy atom. The van der Waals surface area contributed by atoms with Crippen molar-refractivity contribution in [3.63, 3.8) is 0 Å². The Morgan fingerprint density at radius 3 is 2.50 bits per heavy atom. The lowest BCUT2D eigenvalue weighted by Gasteiger charge is -2.63. The van der Waals surface area contributed by atoms with Crippen molar-refractivity contribution in [2.45, 2.75) is 115 Å². The smallest absolute Gasteiger partial charge is 0.117 e.